The maximum Gasteiger partial charge on any atom is -0.0338 e. The van der Waals surface area contributed by atoms with E-state index in [9.17, 15) is 0 Å². The van der Waals surface area contributed by atoms with Crippen molar-refractivity contribution in [2.24, 2.45) is 0 Å². The van der Waals surface area contributed by atoms with Gasteiger partial charge in [-0.3, -0.25) is 0 Å². The third-order valence-corrected chi connectivity index (χ3v) is 0.643. The van der Waals surface area contributed by atoms with E-state index in [0.717, 1.165) is 5.57 Å². The first-order chi connectivity index (χ1) is 3.31. The van der Waals surface area contributed by atoms with Crippen LogP contribution in [0, 0.1) is 0 Å². The molecule has 0 saturated heterocycles. The molecular weight excluding hydrogens is 84.1 g/mol. The van der Waals surface area contributed by atoms with Crippen LogP contribution >= 0.6 is 0 Å². The van der Waals surface area contributed by atoms with Crippen molar-refractivity contribution in [1.82, 2.24) is 0 Å². The Hall–Kier alpha value is -0.780. The molecule has 0 aromatic carbocycles. The van der Waals surface area contributed by atoms with Gasteiger partial charge >= 0.3 is 0 Å². The zero-order chi connectivity index (χ0) is 5.70. The summed E-state index contributed by atoms with van der Waals surface area (Å²) in [5.41, 5.74) is 0.961. The van der Waals surface area contributed by atoms with Gasteiger partial charge in [-0.1, -0.05) is 31.4 Å². The molecule has 0 heteroatoms. The minimum absolute atomic E-state index is 0.961. The Bertz CT molecular complexity index is 96.6. The molecule has 0 heterocycles. The Labute approximate surface area is 44.9 Å². The average molecular weight is 94.2 g/mol. The quantitative estimate of drug-likeness (QED) is 0.460. The summed E-state index contributed by atoms with van der Waals surface area (Å²) >= 11 is 0. The van der Waals surface area contributed by atoms with Crippen molar-refractivity contribution in [2.45, 2.75) is 6.92 Å². The molecule has 0 aromatic heterocycles. The topological polar surface area (TPSA) is 0 Å². The summed E-state index contributed by atoms with van der Waals surface area (Å²) < 4.78 is 0. The van der Waals surface area contributed by atoms with Gasteiger partial charge in [0, 0.05) is 0 Å². The number of hydrogen-bond acceptors (Lipinski definition) is 0. The molecule has 0 atom stereocenters. The summed E-state index contributed by atoms with van der Waals surface area (Å²) in [6, 6.07) is 0. The molecule has 0 amide bonds. The smallest absolute Gasteiger partial charge is 0.0338 e. The Morgan fingerprint density at radius 1 is 1.57 bits per heavy atom. The van der Waals surface area contributed by atoms with Crippen molar-refractivity contribution < 1.29 is 0 Å². The molecule has 38 valence electrons. The van der Waals surface area contributed by atoms with Crippen LogP contribution in [0.4, 0.5) is 0 Å². The van der Waals surface area contributed by atoms with E-state index < -0.39 is 0 Å². The molecule has 0 fully saturated rings. The predicted octanol–water partition coefficient (Wildman–Crippen LogP) is 2.30. The molecular formula is C7H10. The lowest BCUT2D eigenvalue weighted by atomic mass is 10.3. The fourth-order valence-corrected chi connectivity index (χ4v) is 0.282. The molecule has 0 aromatic rings. The number of hydrogen-bond donors (Lipinski definition) is 0. The molecule has 0 saturated carbocycles. The lowest BCUT2D eigenvalue weighted by Crippen LogP contribution is -1.58. The normalized spacial score (nSPS) is 9.29. The molecule has 0 spiro atoms. The third-order valence-electron chi connectivity index (χ3n) is 0.643. The van der Waals surface area contributed by atoms with Crippen LogP contribution in [0.5, 0.6) is 0 Å². The fourth-order valence-electron chi connectivity index (χ4n) is 0.282. The Morgan fingerprint density at radius 3 is 2.29 bits per heavy atom. The zero-order valence-electron chi connectivity index (χ0n) is 4.65. The van der Waals surface area contributed by atoms with Gasteiger partial charge in [0.1, 0.15) is 0 Å². The summed E-state index contributed by atoms with van der Waals surface area (Å²) in [6.45, 7) is 9.14. The summed E-state index contributed by atoms with van der Waals surface area (Å²) in [7, 11) is 0. The second-order valence-corrected chi connectivity index (χ2v) is 1.28. The van der Waals surface area contributed by atoms with Gasteiger partial charge in [-0.05, 0) is 12.5 Å². The van der Waals surface area contributed by atoms with Crippen molar-refractivity contribution in [3.05, 3.63) is 37.0 Å². The molecule has 7 heavy (non-hydrogen) atoms. The second-order valence-electron chi connectivity index (χ2n) is 1.28. The predicted molar refractivity (Wildman–Crippen MR) is 34.2 cm³/mol. The Kier molecular flexibility index (Phi) is 3.03. The van der Waals surface area contributed by atoms with Gasteiger partial charge < -0.3 is 0 Å². The van der Waals surface area contributed by atoms with E-state index in [4.69, 9.17) is 0 Å². The Balaban J connectivity index is 3.58. The van der Waals surface area contributed by atoms with Gasteiger partial charge in [0.25, 0.3) is 0 Å². The summed E-state index contributed by atoms with van der Waals surface area (Å²) in [6.07, 6.45) is 5.57. The number of allylic oxidation sites excluding steroid dienone is 4. The highest BCUT2D eigenvalue weighted by Gasteiger charge is 1.69. The van der Waals surface area contributed by atoms with Crippen molar-refractivity contribution in [3.63, 3.8) is 0 Å². The van der Waals surface area contributed by atoms with E-state index in [2.05, 4.69) is 13.2 Å². The monoisotopic (exact) mass is 94.1 g/mol. The largest absolute Gasteiger partial charge is 0.0985 e. The van der Waals surface area contributed by atoms with Gasteiger partial charge in [0.05, 0.1) is 0 Å². The molecule has 0 unspecified atom stereocenters. The standard InChI is InChI=1S/C7H10/c1-4-6-7(3)5-2/h4-6H,2-3H2,1H3/b6-4-. The van der Waals surface area contributed by atoms with Crippen LogP contribution in [-0.2, 0) is 0 Å². The van der Waals surface area contributed by atoms with E-state index in [1.165, 1.54) is 0 Å². The van der Waals surface area contributed by atoms with Gasteiger partial charge in [-0.25, -0.2) is 0 Å². The van der Waals surface area contributed by atoms with E-state index in [0.29, 0.717) is 0 Å². The van der Waals surface area contributed by atoms with Crippen LogP contribution < -0.4 is 0 Å². The van der Waals surface area contributed by atoms with Gasteiger partial charge in [0.15, 0.2) is 0 Å². The van der Waals surface area contributed by atoms with E-state index in [1.807, 2.05) is 19.1 Å². The van der Waals surface area contributed by atoms with Crippen LogP contribution in [0.1, 0.15) is 6.92 Å². The first kappa shape index (κ1) is 6.22. The highest BCUT2D eigenvalue weighted by molar-refractivity contribution is 5.24. The Morgan fingerprint density at radius 2 is 2.14 bits per heavy atom. The molecule has 0 radical (unpaired) electrons. The molecule has 0 N–H and O–H groups in total. The highest BCUT2D eigenvalue weighted by Crippen LogP contribution is 1.90. The molecule has 0 nitrogen and oxygen atoms in total. The van der Waals surface area contributed by atoms with Gasteiger partial charge in [-0.2, -0.15) is 0 Å². The van der Waals surface area contributed by atoms with Gasteiger partial charge in [0.2, 0.25) is 0 Å². The van der Waals surface area contributed by atoms with Crippen molar-refractivity contribution in [2.75, 3.05) is 0 Å². The van der Waals surface area contributed by atoms with Crippen LogP contribution in [0.25, 0.3) is 0 Å². The highest BCUT2D eigenvalue weighted by atomic mass is 13.8. The maximum atomic E-state index is 3.66. The van der Waals surface area contributed by atoms with E-state index >= 15 is 0 Å². The lowest BCUT2D eigenvalue weighted by molar-refractivity contribution is 1.67. The zero-order valence-corrected chi connectivity index (χ0v) is 4.65. The number of rotatable bonds is 2. The molecule has 0 aliphatic rings. The van der Waals surface area contributed by atoms with Crippen LogP contribution in [-0.4, -0.2) is 0 Å². The third kappa shape index (κ3) is 3.04. The summed E-state index contributed by atoms with van der Waals surface area (Å²) in [4.78, 5) is 0. The van der Waals surface area contributed by atoms with Crippen LogP contribution in [0.2, 0.25) is 0 Å². The first-order valence-electron chi connectivity index (χ1n) is 2.25. The van der Waals surface area contributed by atoms with E-state index in [1.54, 1.807) is 6.08 Å². The molecule has 0 aliphatic heterocycles. The van der Waals surface area contributed by atoms with Crippen molar-refractivity contribution in [1.29, 1.82) is 0 Å². The maximum absolute atomic E-state index is 3.66. The molecule has 0 rings (SSSR count). The van der Waals surface area contributed by atoms with Crippen molar-refractivity contribution >= 4 is 0 Å². The fraction of sp³-hybridized carbons (Fsp3) is 0.143. The van der Waals surface area contributed by atoms with Crippen LogP contribution in [0.3, 0.4) is 0 Å². The minimum Gasteiger partial charge on any atom is -0.0985 e. The van der Waals surface area contributed by atoms with E-state index in [-0.39, 0.29) is 0 Å². The summed E-state index contributed by atoms with van der Waals surface area (Å²) in [5.74, 6) is 0. The molecule has 0 bridgehead atoms. The first-order valence-corrected chi connectivity index (χ1v) is 2.25. The van der Waals surface area contributed by atoms with Crippen molar-refractivity contribution in [3.8, 4) is 0 Å². The second kappa shape index (κ2) is 3.41. The minimum atomic E-state index is 0.961. The van der Waals surface area contributed by atoms with Crippen LogP contribution in [0.15, 0.2) is 37.0 Å². The average Bonchev–Trinajstić information content (AvgIpc) is 1.68. The molecule has 0 aliphatic carbocycles. The lowest BCUT2D eigenvalue weighted by Gasteiger charge is -1.79. The van der Waals surface area contributed by atoms with Gasteiger partial charge in [-0.15, -0.1) is 0 Å². The SMILES string of the molecule is C=CC(=C)/C=C\C. The summed E-state index contributed by atoms with van der Waals surface area (Å²) in [5, 5.41) is 0.